The molecule has 4 rings (SSSR count). The van der Waals surface area contributed by atoms with Crippen LogP contribution in [0.3, 0.4) is 0 Å². The normalized spacial score (nSPS) is 13.4. The second-order valence-corrected chi connectivity index (χ2v) is 8.25. The van der Waals surface area contributed by atoms with E-state index in [0.29, 0.717) is 11.3 Å². The molecular weight excluding hydrogens is 412 g/mol. The molecule has 1 N–H and O–H groups in total. The number of rotatable bonds is 8. The number of benzene rings is 3. The molecule has 0 radical (unpaired) electrons. The Kier molecular flexibility index (Phi) is 6.87. The minimum absolute atomic E-state index is 0.0391. The third-order valence-electron chi connectivity index (χ3n) is 6.07. The van der Waals surface area contributed by atoms with Crippen LogP contribution >= 0.6 is 0 Å². The predicted octanol–water partition coefficient (Wildman–Crippen LogP) is 5.42. The molecule has 0 saturated heterocycles. The van der Waals surface area contributed by atoms with Gasteiger partial charge in [0.15, 0.2) is 0 Å². The summed E-state index contributed by atoms with van der Waals surface area (Å²) in [6.45, 7) is 3.57. The van der Waals surface area contributed by atoms with Gasteiger partial charge in [-0.1, -0.05) is 97.9 Å². The highest BCUT2D eigenvalue weighted by Gasteiger charge is 2.38. The molecule has 3 aromatic carbocycles. The standard InChI is InChI=1S/C29H28O4/c1-21-18-19-27(33-28(21)31)22(2)26(30)20-32-29(23-12-6-3-7-13-23,24-14-8-4-9-15-24)25-16-10-5-11-17-25/h3-19,22,26,30H,20H2,1-2H3/t22-,26+/m0/s1. The molecule has 168 valence electrons. The number of aryl methyl sites for hydroxylation is 1. The second kappa shape index (κ2) is 9.99. The van der Waals surface area contributed by atoms with E-state index in [9.17, 15) is 9.90 Å². The fraction of sp³-hybridized carbons (Fsp3) is 0.207. The van der Waals surface area contributed by atoms with Crippen molar-refractivity contribution in [3.8, 4) is 0 Å². The van der Waals surface area contributed by atoms with E-state index in [-0.39, 0.29) is 12.2 Å². The molecule has 0 amide bonds. The molecular formula is C29H28O4. The highest BCUT2D eigenvalue weighted by Crippen LogP contribution is 2.40. The lowest BCUT2D eigenvalue weighted by molar-refractivity contribution is -0.0459. The van der Waals surface area contributed by atoms with Gasteiger partial charge in [-0.25, -0.2) is 4.79 Å². The summed E-state index contributed by atoms with van der Waals surface area (Å²) in [6, 6.07) is 33.5. The Balaban J connectivity index is 1.74. The zero-order valence-corrected chi connectivity index (χ0v) is 18.8. The predicted molar refractivity (Wildman–Crippen MR) is 129 cm³/mol. The van der Waals surface area contributed by atoms with Crippen LogP contribution in [0.2, 0.25) is 0 Å². The van der Waals surface area contributed by atoms with Gasteiger partial charge in [0.2, 0.25) is 0 Å². The first-order chi connectivity index (χ1) is 16.0. The summed E-state index contributed by atoms with van der Waals surface area (Å²) in [5.74, 6) is 0.0183. The molecule has 0 bridgehead atoms. The highest BCUT2D eigenvalue weighted by molar-refractivity contribution is 5.47. The van der Waals surface area contributed by atoms with Crippen molar-refractivity contribution in [2.24, 2.45) is 0 Å². The Morgan fingerprint density at radius 1 is 0.788 bits per heavy atom. The topological polar surface area (TPSA) is 59.7 Å². The Hall–Kier alpha value is -3.47. The molecule has 0 aliphatic rings. The number of hydrogen-bond donors (Lipinski definition) is 1. The molecule has 4 heteroatoms. The summed E-state index contributed by atoms with van der Waals surface area (Å²) in [7, 11) is 0. The molecule has 4 aromatic rings. The van der Waals surface area contributed by atoms with Gasteiger partial charge >= 0.3 is 5.63 Å². The lowest BCUT2D eigenvalue weighted by atomic mass is 9.80. The first-order valence-electron chi connectivity index (χ1n) is 11.1. The van der Waals surface area contributed by atoms with Gasteiger partial charge in [-0.05, 0) is 35.7 Å². The summed E-state index contributed by atoms with van der Waals surface area (Å²) >= 11 is 0. The third kappa shape index (κ3) is 4.68. The molecule has 0 fully saturated rings. The smallest absolute Gasteiger partial charge is 0.338 e. The molecule has 0 saturated carbocycles. The minimum atomic E-state index is -0.918. The largest absolute Gasteiger partial charge is 0.427 e. The summed E-state index contributed by atoms with van der Waals surface area (Å²) < 4.78 is 12.1. The number of aliphatic hydroxyl groups excluding tert-OH is 1. The summed E-state index contributed by atoms with van der Waals surface area (Å²) in [6.07, 6.45) is -0.883. The van der Waals surface area contributed by atoms with Gasteiger partial charge in [0.25, 0.3) is 0 Å². The van der Waals surface area contributed by atoms with Crippen molar-refractivity contribution in [3.05, 3.63) is 142 Å². The Morgan fingerprint density at radius 3 is 1.67 bits per heavy atom. The van der Waals surface area contributed by atoms with Crippen LogP contribution in [-0.4, -0.2) is 17.8 Å². The van der Waals surface area contributed by atoms with Gasteiger partial charge in [-0.3, -0.25) is 0 Å². The van der Waals surface area contributed by atoms with Gasteiger partial charge in [-0.2, -0.15) is 0 Å². The molecule has 1 heterocycles. The fourth-order valence-electron chi connectivity index (χ4n) is 4.05. The van der Waals surface area contributed by atoms with Gasteiger partial charge in [-0.15, -0.1) is 0 Å². The Bertz CT molecular complexity index is 1120. The van der Waals surface area contributed by atoms with E-state index in [0.717, 1.165) is 16.7 Å². The zero-order chi connectivity index (χ0) is 23.3. The maximum absolute atomic E-state index is 12.0. The molecule has 2 atom stereocenters. The van der Waals surface area contributed by atoms with Crippen LogP contribution in [0.25, 0.3) is 0 Å². The summed E-state index contributed by atoms with van der Waals surface area (Å²) in [5, 5.41) is 11.0. The molecule has 0 aliphatic heterocycles. The van der Waals surface area contributed by atoms with E-state index in [1.54, 1.807) is 19.1 Å². The molecule has 33 heavy (non-hydrogen) atoms. The van der Waals surface area contributed by atoms with E-state index < -0.39 is 17.6 Å². The molecule has 0 spiro atoms. The first kappa shape index (κ1) is 22.7. The monoisotopic (exact) mass is 440 g/mol. The molecule has 1 aromatic heterocycles. The maximum Gasteiger partial charge on any atom is 0.338 e. The van der Waals surface area contributed by atoms with E-state index >= 15 is 0 Å². The van der Waals surface area contributed by atoms with Crippen LogP contribution in [0.15, 0.2) is 112 Å². The van der Waals surface area contributed by atoms with Crippen LogP contribution in [0.4, 0.5) is 0 Å². The van der Waals surface area contributed by atoms with Gasteiger partial charge in [0, 0.05) is 11.5 Å². The lowest BCUT2D eigenvalue weighted by Crippen LogP contribution is -2.37. The van der Waals surface area contributed by atoms with E-state index in [4.69, 9.17) is 9.15 Å². The van der Waals surface area contributed by atoms with Crippen molar-refractivity contribution in [2.75, 3.05) is 6.61 Å². The SMILES string of the molecule is Cc1ccc([C@@H](C)[C@H](O)COC(c2ccccc2)(c2ccccc2)c2ccccc2)oc1=O. The van der Waals surface area contributed by atoms with E-state index in [1.807, 2.05) is 97.9 Å². The van der Waals surface area contributed by atoms with Crippen molar-refractivity contribution in [2.45, 2.75) is 31.5 Å². The van der Waals surface area contributed by atoms with Crippen LogP contribution in [0.1, 0.15) is 40.9 Å². The average Bonchev–Trinajstić information content (AvgIpc) is 2.87. The van der Waals surface area contributed by atoms with Gasteiger partial charge in [0.05, 0.1) is 12.7 Å². The van der Waals surface area contributed by atoms with E-state index in [1.165, 1.54) is 0 Å². The van der Waals surface area contributed by atoms with Crippen LogP contribution in [0, 0.1) is 6.92 Å². The van der Waals surface area contributed by atoms with Gasteiger partial charge in [0.1, 0.15) is 11.4 Å². The lowest BCUT2D eigenvalue weighted by Gasteiger charge is -2.37. The maximum atomic E-state index is 12.0. The quantitative estimate of drug-likeness (QED) is 0.372. The molecule has 4 nitrogen and oxygen atoms in total. The third-order valence-corrected chi connectivity index (χ3v) is 6.07. The van der Waals surface area contributed by atoms with Crippen LogP contribution in [-0.2, 0) is 10.3 Å². The average molecular weight is 441 g/mol. The zero-order valence-electron chi connectivity index (χ0n) is 18.8. The van der Waals surface area contributed by atoms with Crippen LogP contribution < -0.4 is 5.63 Å². The molecule has 0 unspecified atom stereocenters. The van der Waals surface area contributed by atoms with Crippen molar-refractivity contribution in [3.63, 3.8) is 0 Å². The number of aliphatic hydroxyl groups is 1. The molecule has 0 aliphatic carbocycles. The number of ether oxygens (including phenoxy) is 1. The second-order valence-electron chi connectivity index (χ2n) is 8.25. The van der Waals surface area contributed by atoms with Crippen molar-refractivity contribution in [1.29, 1.82) is 0 Å². The van der Waals surface area contributed by atoms with E-state index in [2.05, 4.69) is 0 Å². The Labute approximate surface area is 194 Å². The van der Waals surface area contributed by atoms with Gasteiger partial charge < -0.3 is 14.3 Å². The summed E-state index contributed by atoms with van der Waals surface area (Å²) in [5.41, 5.74) is 2.11. The van der Waals surface area contributed by atoms with Crippen molar-refractivity contribution < 1.29 is 14.3 Å². The van der Waals surface area contributed by atoms with Crippen molar-refractivity contribution >= 4 is 0 Å². The summed E-state index contributed by atoms with van der Waals surface area (Å²) in [4.78, 5) is 12.0. The highest BCUT2D eigenvalue weighted by atomic mass is 16.5. The Morgan fingerprint density at radius 2 is 1.24 bits per heavy atom. The fourth-order valence-corrected chi connectivity index (χ4v) is 4.05. The number of hydrogen-bond acceptors (Lipinski definition) is 4. The van der Waals surface area contributed by atoms with Crippen molar-refractivity contribution in [1.82, 2.24) is 0 Å². The first-order valence-corrected chi connectivity index (χ1v) is 11.1. The minimum Gasteiger partial charge on any atom is -0.427 e. The van der Waals surface area contributed by atoms with Crippen LogP contribution in [0.5, 0.6) is 0 Å².